The molecule has 0 saturated carbocycles. The van der Waals surface area contributed by atoms with Crippen molar-refractivity contribution in [2.24, 2.45) is 5.16 Å². The highest BCUT2D eigenvalue weighted by atomic mass is 35.5. The Balaban J connectivity index is 3.03. The summed E-state index contributed by atoms with van der Waals surface area (Å²) in [6.07, 6.45) is 1.05. The van der Waals surface area contributed by atoms with Crippen LogP contribution in [0.25, 0.3) is 0 Å². The quantitative estimate of drug-likeness (QED) is 0.206. The minimum atomic E-state index is -2.21. The van der Waals surface area contributed by atoms with Gasteiger partial charge >= 0.3 is 0 Å². The number of benzene rings is 1. The summed E-state index contributed by atoms with van der Waals surface area (Å²) in [6.45, 7) is -0.890. The molecule has 8 heteroatoms. The van der Waals surface area contributed by atoms with Gasteiger partial charge in [0.25, 0.3) is 0 Å². The lowest BCUT2D eigenvalue weighted by Gasteiger charge is -2.06. The fourth-order valence-electron chi connectivity index (χ4n) is 0.960. The van der Waals surface area contributed by atoms with Crippen LogP contribution in [0.4, 0.5) is 22.0 Å². The lowest BCUT2D eigenvalue weighted by atomic mass is 10.2. The number of oxime groups is 1. The first-order valence-corrected chi connectivity index (χ1v) is 4.74. The van der Waals surface area contributed by atoms with Crippen molar-refractivity contribution in [3.05, 3.63) is 34.6 Å². The van der Waals surface area contributed by atoms with Crippen LogP contribution in [0, 0.1) is 29.1 Å². The van der Waals surface area contributed by atoms with Crippen molar-refractivity contribution in [2.45, 2.75) is 6.61 Å². The molecule has 0 saturated heterocycles. The normalized spacial score (nSPS) is 11.2. The summed E-state index contributed by atoms with van der Waals surface area (Å²) >= 11 is 5.17. The smallest absolute Gasteiger partial charge is 0.200 e. The number of rotatable bonds is 4. The fraction of sp³-hybridized carbons (Fsp3) is 0.222. The predicted octanol–water partition coefficient (Wildman–Crippen LogP) is 3.12. The molecular weight excluding hydrogens is 269 g/mol. The first-order chi connectivity index (χ1) is 8.00. The SMILES string of the molecule is Fc1c(F)c(F)c(CON=CCCl)c(F)c1F. The standard InChI is InChI=1S/C9H5ClF5NO/c10-1-2-16-17-3-4-5(11)7(13)9(15)8(14)6(4)12/h2H,1,3H2. The number of halogens is 6. The van der Waals surface area contributed by atoms with E-state index in [0.29, 0.717) is 0 Å². The maximum Gasteiger partial charge on any atom is 0.200 e. The molecule has 0 spiro atoms. The molecule has 0 aromatic heterocycles. The first kappa shape index (κ1) is 13.7. The van der Waals surface area contributed by atoms with E-state index in [1.54, 1.807) is 0 Å². The van der Waals surface area contributed by atoms with E-state index >= 15 is 0 Å². The topological polar surface area (TPSA) is 21.6 Å². The Morgan fingerprint density at radius 3 is 1.88 bits per heavy atom. The molecule has 0 amide bonds. The molecule has 0 unspecified atom stereocenters. The molecule has 0 aliphatic carbocycles. The largest absolute Gasteiger partial charge is 0.391 e. The van der Waals surface area contributed by atoms with Crippen LogP contribution in [0.1, 0.15) is 5.56 Å². The summed E-state index contributed by atoms with van der Waals surface area (Å²) in [5.74, 6) is -10.2. The average Bonchev–Trinajstić information content (AvgIpc) is 2.33. The van der Waals surface area contributed by atoms with Crippen molar-refractivity contribution in [3.8, 4) is 0 Å². The third kappa shape index (κ3) is 2.85. The number of hydrogen-bond donors (Lipinski definition) is 0. The number of alkyl halides is 1. The summed E-state index contributed by atoms with van der Waals surface area (Å²) < 4.78 is 64.1. The summed E-state index contributed by atoms with van der Waals surface area (Å²) in [5, 5.41) is 3.12. The van der Waals surface area contributed by atoms with E-state index in [0.717, 1.165) is 6.21 Å². The summed E-state index contributed by atoms with van der Waals surface area (Å²) in [7, 11) is 0. The van der Waals surface area contributed by atoms with Crippen molar-refractivity contribution in [1.82, 2.24) is 0 Å². The molecule has 17 heavy (non-hydrogen) atoms. The molecule has 1 rings (SSSR count). The molecule has 1 aromatic rings. The molecule has 2 nitrogen and oxygen atoms in total. The Kier molecular flexibility index (Phi) is 4.68. The van der Waals surface area contributed by atoms with Crippen LogP contribution >= 0.6 is 11.6 Å². The third-order valence-electron chi connectivity index (χ3n) is 1.73. The second kappa shape index (κ2) is 5.81. The van der Waals surface area contributed by atoms with Crippen molar-refractivity contribution in [2.75, 3.05) is 5.88 Å². The van der Waals surface area contributed by atoms with Crippen LogP contribution in [-0.2, 0) is 11.4 Å². The van der Waals surface area contributed by atoms with E-state index in [1.165, 1.54) is 0 Å². The molecule has 1 aromatic carbocycles. The van der Waals surface area contributed by atoms with Gasteiger partial charge in [0.2, 0.25) is 5.82 Å². The Morgan fingerprint density at radius 1 is 0.941 bits per heavy atom. The minimum absolute atomic E-state index is 0.0168. The number of hydrogen-bond acceptors (Lipinski definition) is 2. The van der Waals surface area contributed by atoms with E-state index in [1.807, 2.05) is 0 Å². The van der Waals surface area contributed by atoms with E-state index in [-0.39, 0.29) is 5.88 Å². The lowest BCUT2D eigenvalue weighted by Crippen LogP contribution is -2.07. The van der Waals surface area contributed by atoms with Crippen LogP contribution in [-0.4, -0.2) is 12.1 Å². The lowest BCUT2D eigenvalue weighted by molar-refractivity contribution is 0.124. The molecule has 0 aliphatic heterocycles. The zero-order valence-electron chi connectivity index (χ0n) is 8.11. The maximum absolute atomic E-state index is 13.0. The van der Waals surface area contributed by atoms with Crippen molar-refractivity contribution < 1.29 is 26.8 Å². The van der Waals surface area contributed by atoms with E-state index in [9.17, 15) is 22.0 Å². The Hall–Kier alpha value is -1.37. The molecule has 0 radical (unpaired) electrons. The first-order valence-electron chi connectivity index (χ1n) is 4.20. The van der Waals surface area contributed by atoms with Gasteiger partial charge in [-0.3, -0.25) is 0 Å². The molecule has 0 bridgehead atoms. The van der Waals surface area contributed by atoms with Gasteiger partial charge in [-0.15, -0.1) is 11.6 Å². The zero-order valence-corrected chi connectivity index (χ0v) is 8.87. The van der Waals surface area contributed by atoms with Gasteiger partial charge in [0, 0.05) is 0 Å². The van der Waals surface area contributed by atoms with Gasteiger partial charge in [-0.25, -0.2) is 22.0 Å². The minimum Gasteiger partial charge on any atom is -0.391 e. The van der Waals surface area contributed by atoms with Gasteiger partial charge in [0.15, 0.2) is 23.3 Å². The van der Waals surface area contributed by atoms with Gasteiger partial charge in [0.05, 0.1) is 17.7 Å². The second-order valence-electron chi connectivity index (χ2n) is 2.76. The maximum atomic E-state index is 13.0. The molecule has 0 fully saturated rings. The van der Waals surface area contributed by atoms with E-state index in [2.05, 4.69) is 9.99 Å². The van der Waals surface area contributed by atoms with Gasteiger partial charge in [-0.1, -0.05) is 5.16 Å². The van der Waals surface area contributed by atoms with Crippen LogP contribution < -0.4 is 0 Å². The number of nitrogens with zero attached hydrogens (tertiary/aromatic N) is 1. The molecule has 0 heterocycles. The van der Waals surface area contributed by atoms with Crippen LogP contribution in [0.5, 0.6) is 0 Å². The van der Waals surface area contributed by atoms with Gasteiger partial charge < -0.3 is 4.84 Å². The molecule has 0 aliphatic rings. The van der Waals surface area contributed by atoms with Crippen molar-refractivity contribution >= 4 is 17.8 Å². The van der Waals surface area contributed by atoms with Crippen LogP contribution in [0.2, 0.25) is 0 Å². The van der Waals surface area contributed by atoms with E-state index in [4.69, 9.17) is 11.6 Å². The molecule has 0 atom stereocenters. The molecular formula is C9H5ClF5NO. The summed E-state index contributed by atoms with van der Waals surface area (Å²) in [4.78, 5) is 4.32. The van der Waals surface area contributed by atoms with Gasteiger partial charge in [-0.2, -0.15) is 0 Å². The van der Waals surface area contributed by atoms with E-state index < -0.39 is 41.3 Å². The zero-order chi connectivity index (χ0) is 13.0. The predicted molar refractivity (Wildman–Crippen MR) is 50.2 cm³/mol. The van der Waals surface area contributed by atoms with Gasteiger partial charge in [0.1, 0.15) is 6.61 Å². The Morgan fingerprint density at radius 2 is 1.41 bits per heavy atom. The highest BCUT2D eigenvalue weighted by Gasteiger charge is 2.25. The highest BCUT2D eigenvalue weighted by Crippen LogP contribution is 2.23. The molecule has 0 N–H and O–H groups in total. The van der Waals surface area contributed by atoms with Gasteiger partial charge in [-0.05, 0) is 0 Å². The highest BCUT2D eigenvalue weighted by molar-refractivity contribution is 6.24. The Labute approximate surface area is 97.6 Å². The Bertz CT molecular complexity index is 422. The second-order valence-corrected chi connectivity index (χ2v) is 3.07. The fourth-order valence-corrected chi connectivity index (χ4v) is 1.02. The van der Waals surface area contributed by atoms with Crippen LogP contribution in [0.3, 0.4) is 0 Å². The van der Waals surface area contributed by atoms with Crippen LogP contribution in [0.15, 0.2) is 5.16 Å². The van der Waals surface area contributed by atoms with Crippen molar-refractivity contribution in [1.29, 1.82) is 0 Å². The summed E-state index contributed by atoms with van der Waals surface area (Å²) in [6, 6.07) is 0. The monoisotopic (exact) mass is 273 g/mol. The average molecular weight is 274 g/mol. The van der Waals surface area contributed by atoms with Crippen molar-refractivity contribution in [3.63, 3.8) is 0 Å². The molecule has 94 valence electrons. The summed E-state index contributed by atoms with van der Waals surface area (Å²) in [5.41, 5.74) is -1.09. The third-order valence-corrected chi connectivity index (χ3v) is 1.87.